The van der Waals surface area contributed by atoms with Gasteiger partial charge in [0.2, 0.25) is 5.91 Å². The predicted octanol–water partition coefficient (Wildman–Crippen LogP) is 4.15. The summed E-state index contributed by atoms with van der Waals surface area (Å²) in [5.41, 5.74) is 3.42. The highest BCUT2D eigenvalue weighted by Crippen LogP contribution is 2.21. The Labute approximate surface area is 196 Å². The number of benzene rings is 3. The number of thioether (sulfide) groups is 1. The fourth-order valence-corrected chi connectivity index (χ4v) is 4.29. The second kappa shape index (κ2) is 10.4. The monoisotopic (exact) mass is 459 g/mol. The van der Waals surface area contributed by atoms with Gasteiger partial charge in [-0.2, -0.15) is 0 Å². The summed E-state index contributed by atoms with van der Waals surface area (Å²) in [6, 6.07) is 22.8. The van der Waals surface area contributed by atoms with Crippen LogP contribution in [-0.4, -0.2) is 34.9 Å². The molecule has 0 fully saturated rings. The van der Waals surface area contributed by atoms with Crippen molar-refractivity contribution < 1.29 is 9.53 Å². The third-order valence-corrected chi connectivity index (χ3v) is 6.20. The first-order valence-corrected chi connectivity index (χ1v) is 11.6. The van der Waals surface area contributed by atoms with E-state index in [2.05, 4.69) is 10.3 Å². The molecular weight excluding hydrogens is 434 g/mol. The number of carbonyl (C=O) groups is 1. The number of nitrogens with zero attached hydrogens (tertiary/aromatic N) is 2. The van der Waals surface area contributed by atoms with Crippen LogP contribution in [0.1, 0.15) is 11.1 Å². The molecule has 6 nitrogen and oxygen atoms in total. The normalized spacial score (nSPS) is 10.8. The second-order valence-corrected chi connectivity index (χ2v) is 8.57. The smallest absolute Gasteiger partial charge is 0.266 e. The third-order valence-electron chi connectivity index (χ3n) is 5.26. The maximum atomic E-state index is 13.3. The molecule has 0 aliphatic carbocycles. The van der Waals surface area contributed by atoms with Crippen LogP contribution >= 0.6 is 11.8 Å². The first kappa shape index (κ1) is 22.6. The number of fused-ring (bicyclic) bond motifs is 1. The van der Waals surface area contributed by atoms with Crippen LogP contribution in [0, 0.1) is 6.92 Å². The van der Waals surface area contributed by atoms with Crippen molar-refractivity contribution in [2.45, 2.75) is 18.5 Å². The molecule has 0 aliphatic heterocycles. The minimum atomic E-state index is -0.146. The predicted molar refractivity (Wildman–Crippen MR) is 133 cm³/mol. The Morgan fingerprint density at radius 2 is 1.76 bits per heavy atom. The van der Waals surface area contributed by atoms with Gasteiger partial charge in [0.1, 0.15) is 5.75 Å². The van der Waals surface area contributed by atoms with E-state index in [-0.39, 0.29) is 17.2 Å². The van der Waals surface area contributed by atoms with E-state index >= 15 is 0 Å². The van der Waals surface area contributed by atoms with Gasteiger partial charge >= 0.3 is 0 Å². The van der Waals surface area contributed by atoms with Gasteiger partial charge in [-0.15, -0.1) is 0 Å². The van der Waals surface area contributed by atoms with Crippen molar-refractivity contribution in [2.24, 2.45) is 0 Å². The number of ether oxygens (including phenoxy) is 1. The Morgan fingerprint density at radius 3 is 2.48 bits per heavy atom. The minimum absolute atomic E-state index is 0.105. The molecule has 1 amide bonds. The molecule has 4 aromatic rings. The molecule has 7 heteroatoms. The molecule has 0 bridgehead atoms. The lowest BCUT2D eigenvalue weighted by molar-refractivity contribution is -0.118. The number of methoxy groups -OCH3 is 1. The molecule has 0 saturated carbocycles. The Hall–Kier alpha value is -3.58. The minimum Gasteiger partial charge on any atom is -0.497 e. The zero-order valence-electron chi connectivity index (χ0n) is 18.6. The molecule has 0 unspecified atom stereocenters. The van der Waals surface area contributed by atoms with Crippen molar-refractivity contribution in [3.05, 3.63) is 94.3 Å². The average molecular weight is 460 g/mol. The molecule has 1 aromatic heterocycles. The second-order valence-electron chi connectivity index (χ2n) is 7.62. The number of rotatable bonds is 8. The van der Waals surface area contributed by atoms with E-state index in [4.69, 9.17) is 4.74 Å². The molecular formula is C26H25N3O3S. The van der Waals surface area contributed by atoms with Crippen LogP contribution in [-0.2, 0) is 11.2 Å². The fraction of sp³-hybridized carbons (Fsp3) is 0.192. The topological polar surface area (TPSA) is 73.2 Å². The van der Waals surface area contributed by atoms with Crippen molar-refractivity contribution in [1.82, 2.24) is 14.9 Å². The van der Waals surface area contributed by atoms with Crippen LogP contribution in [0.4, 0.5) is 0 Å². The van der Waals surface area contributed by atoms with E-state index in [9.17, 15) is 9.59 Å². The van der Waals surface area contributed by atoms with Crippen molar-refractivity contribution >= 4 is 28.6 Å². The van der Waals surface area contributed by atoms with Crippen LogP contribution < -0.4 is 15.6 Å². The molecule has 0 saturated heterocycles. The molecule has 4 rings (SSSR count). The van der Waals surface area contributed by atoms with Gasteiger partial charge < -0.3 is 10.1 Å². The van der Waals surface area contributed by atoms with Gasteiger partial charge in [-0.25, -0.2) is 4.98 Å². The molecule has 1 heterocycles. The summed E-state index contributed by atoms with van der Waals surface area (Å²) < 4.78 is 6.75. The summed E-state index contributed by atoms with van der Waals surface area (Å²) in [6.45, 7) is 2.53. The van der Waals surface area contributed by atoms with Gasteiger partial charge in [-0.3, -0.25) is 14.2 Å². The summed E-state index contributed by atoms with van der Waals surface area (Å²) in [7, 11) is 1.63. The Bertz CT molecular complexity index is 1320. The Balaban J connectivity index is 1.48. The number of hydrogen-bond donors (Lipinski definition) is 1. The van der Waals surface area contributed by atoms with Crippen molar-refractivity contribution in [1.29, 1.82) is 0 Å². The highest BCUT2D eigenvalue weighted by molar-refractivity contribution is 7.99. The Morgan fingerprint density at radius 1 is 1.03 bits per heavy atom. The molecule has 1 N–H and O–H groups in total. The molecule has 0 spiro atoms. The van der Waals surface area contributed by atoms with Gasteiger partial charge in [0, 0.05) is 6.54 Å². The van der Waals surface area contributed by atoms with Gasteiger partial charge in [-0.1, -0.05) is 53.7 Å². The SMILES string of the molecule is COc1ccc(CCNC(=O)CSc2nc3ccccc3c(=O)n2-c2ccc(C)cc2)cc1. The van der Waals surface area contributed by atoms with E-state index in [0.717, 1.165) is 29.0 Å². The van der Waals surface area contributed by atoms with Crippen LogP contribution in [0.25, 0.3) is 16.6 Å². The van der Waals surface area contributed by atoms with Gasteiger partial charge in [0.15, 0.2) is 5.16 Å². The zero-order valence-corrected chi connectivity index (χ0v) is 19.4. The molecule has 33 heavy (non-hydrogen) atoms. The summed E-state index contributed by atoms with van der Waals surface area (Å²) in [5.74, 6) is 0.868. The van der Waals surface area contributed by atoms with E-state index in [1.807, 2.05) is 73.7 Å². The van der Waals surface area contributed by atoms with Crippen molar-refractivity contribution in [3.8, 4) is 11.4 Å². The lowest BCUT2D eigenvalue weighted by Crippen LogP contribution is -2.28. The fourth-order valence-electron chi connectivity index (χ4n) is 3.45. The molecule has 0 atom stereocenters. The number of hydrogen-bond acceptors (Lipinski definition) is 5. The van der Waals surface area contributed by atoms with Crippen LogP contribution in [0.3, 0.4) is 0 Å². The lowest BCUT2D eigenvalue weighted by Gasteiger charge is -2.13. The molecule has 0 radical (unpaired) electrons. The van der Waals surface area contributed by atoms with Crippen molar-refractivity contribution in [3.63, 3.8) is 0 Å². The lowest BCUT2D eigenvalue weighted by atomic mass is 10.1. The van der Waals surface area contributed by atoms with Gasteiger partial charge in [-0.05, 0) is 55.3 Å². The first-order valence-electron chi connectivity index (χ1n) is 10.7. The van der Waals surface area contributed by atoms with Crippen LogP contribution in [0.15, 0.2) is 82.7 Å². The van der Waals surface area contributed by atoms with Crippen LogP contribution in [0.2, 0.25) is 0 Å². The molecule has 0 aliphatic rings. The van der Waals surface area contributed by atoms with E-state index in [0.29, 0.717) is 22.6 Å². The first-order chi connectivity index (χ1) is 16.0. The quantitative estimate of drug-likeness (QED) is 0.317. The highest BCUT2D eigenvalue weighted by Gasteiger charge is 2.14. The summed E-state index contributed by atoms with van der Waals surface area (Å²) >= 11 is 1.26. The summed E-state index contributed by atoms with van der Waals surface area (Å²) in [4.78, 5) is 30.4. The van der Waals surface area contributed by atoms with E-state index in [1.165, 1.54) is 11.8 Å². The van der Waals surface area contributed by atoms with Gasteiger partial charge in [0.05, 0.1) is 29.5 Å². The number of aromatic nitrogens is 2. The standard InChI is InChI=1S/C26H25N3O3S/c1-18-7-11-20(12-8-18)29-25(31)22-5-3-4-6-23(22)28-26(29)33-17-24(30)27-16-15-19-9-13-21(32-2)14-10-19/h3-14H,15-17H2,1-2H3,(H,27,30). The van der Waals surface area contributed by atoms with E-state index in [1.54, 1.807) is 17.7 Å². The van der Waals surface area contributed by atoms with Crippen LogP contribution in [0.5, 0.6) is 5.75 Å². The van der Waals surface area contributed by atoms with E-state index < -0.39 is 0 Å². The maximum Gasteiger partial charge on any atom is 0.266 e. The molecule has 168 valence electrons. The number of nitrogens with one attached hydrogen (secondary N) is 1. The largest absolute Gasteiger partial charge is 0.497 e. The summed E-state index contributed by atoms with van der Waals surface area (Å²) in [5, 5.41) is 3.98. The maximum absolute atomic E-state index is 13.3. The molecule has 3 aromatic carbocycles. The zero-order chi connectivity index (χ0) is 23.2. The number of aryl methyl sites for hydroxylation is 1. The van der Waals surface area contributed by atoms with Crippen molar-refractivity contribution in [2.75, 3.05) is 19.4 Å². The van der Waals surface area contributed by atoms with Gasteiger partial charge in [0.25, 0.3) is 5.56 Å². The average Bonchev–Trinajstić information content (AvgIpc) is 2.84. The third kappa shape index (κ3) is 5.43. The highest BCUT2D eigenvalue weighted by atomic mass is 32.2. The summed E-state index contributed by atoms with van der Waals surface area (Å²) in [6.07, 6.45) is 0.725. The number of carbonyl (C=O) groups excluding carboxylic acids is 1. The Kier molecular flexibility index (Phi) is 7.10. The number of amides is 1. The number of para-hydroxylation sites is 1.